The first kappa shape index (κ1) is 18.2. The van der Waals surface area contributed by atoms with Gasteiger partial charge in [-0.25, -0.2) is 0 Å². The van der Waals surface area contributed by atoms with Crippen LogP contribution in [0.2, 0.25) is 0 Å². The van der Waals surface area contributed by atoms with Gasteiger partial charge in [0.15, 0.2) is 0 Å². The van der Waals surface area contributed by atoms with Gasteiger partial charge in [0.05, 0.1) is 19.3 Å². The molecule has 2 fully saturated rings. The summed E-state index contributed by atoms with van der Waals surface area (Å²) in [5.41, 5.74) is 1.00. The van der Waals surface area contributed by atoms with Crippen molar-refractivity contribution >= 4 is 0 Å². The molecular formula is C18H21F3N4O2. The Bertz CT molecular complexity index is 815. The van der Waals surface area contributed by atoms with Crippen molar-refractivity contribution in [3.63, 3.8) is 0 Å². The molecule has 0 bridgehead atoms. The van der Waals surface area contributed by atoms with Gasteiger partial charge in [-0.15, -0.1) is 10.2 Å². The maximum atomic E-state index is 13.2. The molecule has 146 valence electrons. The minimum Gasteiger partial charge on any atom is -0.496 e. The monoisotopic (exact) mass is 382 g/mol. The number of rotatable bonds is 3. The average Bonchev–Trinajstić information content (AvgIpc) is 3.29. The second-order valence-corrected chi connectivity index (χ2v) is 7.12. The smallest absolute Gasteiger partial charge is 0.452 e. The summed E-state index contributed by atoms with van der Waals surface area (Å²) in [6, 6.07) is 4.99. The zero-order valence-corrected chi connectivity index (χ0v) is 14.9. The van der Waals surface area contributed by atoms with Crippen molar-refractivity contribution in [2.24, 2.45) is 0 Å². The van der Waals surface area contributed by atoms with Crippen LogP contribution in [0, 0.1) is 0 Å². The van der Waals surface area contributed by atoms with E-state index in [0.29, 0.717) is 18.0 Å². The highest BCUT2D eigenvalue weighted by Crippen LogP contribution is 2.43. The van der Waals surface area contributed by atoms with Gasteiger partial charge in [-0.05, 0) is 44.0 Å². The van der Waals surface area contributed by atoms with Crippen LogP contribution in [-0.4, -0.2) is 47.2 Å². The Morgan fingerprint density at radius 1 is 1.37 bits per heavy atom. The largest absolute Gasteiger partial charge is 0.496 e. The minimum absolute atomic E-state index is 0.0608. The molecule has 9 heteroatoms. The van der Waals surface area contributed by atoms with E-state index in [-0.39, 0.29) is 11.5 Å². The zero-order chi connectivity index (χ0) is 19.1. The number of aromatic nitrogens is 3. The summed E-state index contributed by atoms with van der Waals surface area (Å²) in [5, 5.41) is 10.0. The van der Waals surface area contributed by atoms with Gasteiger partial charge in [0.2, 0.25) is 5.82 Å². The number of benzene rings is 1. The molecule has 2 saturated heterocycles. The first-order valence-corrected chi connectivity index (χ1v) is 8.92. The average molecular weight is 382 g/mol. The molecule has 1 N–H and O–H groups in total. The highest BCUT2D eigenvalue weighted by atomic mass is 19.4. The molecule has 0 amide bonds. The van der Waals surface area contributed by atoms with Gasteiger partial charge in [-0.2, -0.15) is 13.2 Å². The predicted octanol–water partition coefficient (Wildman–Crippen LogP) is 2.92. The van der Waals surface area contributed by atoms with Crippen LogP contribution in [0.15, 0.2) is 24.5 Å². The molecule has 0 aliphatic carbocycles. The fraction of sp³-hybridized carbons (Fsp3) is 0.556. The first-order chi connectivity index (χ1) is 12.9. The van der Waals surface area contributed by atoms with Gasteiger partial charge in [0.25, 0.3) is 0 Å². The second kappa shape index (κ2) is 6.79. The maximum absolute atomic E-state index is 13.2. The molecule has 3 heterocycles. The van der Waals surface area contributed by atoms with Gasteiger partial charge in [0, 0.05) is 23.7 Å². The van der Waals surface area contributed by atoms with Crippen molar-refractivity contribution in [3.05, 3.63) is 35.9 Å². The first-order valence-electron chi connectivity index (χ1n) is 8.92. The lowest BCUT2D eigenvalue weighted by molar-refractivity contribution is -0.146. The molecule has 2 aliphatic heterocycles. The molecule has 27 heavy (non-hydrogen) atoms. The number of methoxy groups -OCH3 is 1. The third kappa shape index (κ3) is 3.41. The van der Waals surface area contributed by atoms with E-state index in [2.05, 4.69) is 15.5 Å². The minimum atomic E-state index is -4.58. The molecule has 1 aromatic carbocycles. The van der Waals surface area contributed by atoms with Crippen LogP contribution in [-0.2, 0) is 10.9 Å². The van der Waals surface area contributed by atoms with Crippen molar-refractivity contribution in [1.29, 1.82) is 0 Å². The normalized spacial score (nSPS) is 25.9. The number of halogens is 3. The Morgan fingerprint density at radius 2 is 2.22 bits per heavy atom. The van der Waals surface area contributed by atoms with Crippen LogP contribution in [0.4, 0.5) is 13.2 Å². The standard InChI is InChI=1S/C18H21F3N4O2/c1-26-15-4-3-13(25-11-23-24-16(25)18(19,20)21)7-14(15)12-8-17(27-9-12)5-2-6-22-10-17/h3-4,7,11-12,22H,2,5-6,8-10H2,1H3/t12-,17+/m0/s1. The lowest BCUT2D eigenvalue weighted by atomic mass is 9.84. The molecule has 2 aliphatic rings. The van der Waals surface area contributed by atoms with Crippen LogP contribution in [0.1, 0.15) is 36.6 Å². The number of hydrogen-bond donors (Lipinski definition) is 1. The number of nitrogens with zero attached hydrogens (tertiary/aromatic N) is 3. The van der Waals surface area contributed by atoms with E-state index in [9.17, 15) is 13.2 Å². The molecule has 0 unspecified atom stereocenters. The van der Waals surface area contributed by atoms with Crippen LogP contribution >= 0.6 is 0 Å². The maximum Gasteiger partial charge on any atom is 0.452 e. The van der Waals surface area contributed by atoms with E-state index in [1.165, 1.54) is 0 Å². The van der Waals surface area contributed by atoms with E-state index in [4.69, 9.17) is 9.47 Å². The Balaban J connectivity index is 1.68. The van der Waals surface area contributed by atoms with Crippen LogP contribution < -0.4 is 10.1 Å². The van der Waals surface area contributed by atoms with Gasteiger partial charge in [-0.1, -0.05) is 0 Å². The number of hydrogen-bond acceptors (Lipinski definition) is 5. The number of ether oxygens (including phenoxy) is 2. The van der Waals surface area contributed by atoms with Crippen LogP contribution in [0.3, 0.4) is 0 Å². The molecular weight excluding hydrogens is 361 g/mol. The Morgan fingerprint density at radius 3 is 2.93 bits per heavy atom. The summed E-state index contributed by atoms with van der Waals surface area (Å²) < 4.78 is 52.1. The molecule has 2 atom stereocenters. The fourth-order valence-electron chi connectivity index (χ4n) is 4.09. The van der Waals surface area contributed by atoms with E-state index >= 15 is 0 Å². The molecule has 0 saturated carbocycles. The Labute approximate surface area is 154 Å². The summed E-state index contributed by atoms with van der Waals surface area (Å²) >= 11 is 0. The Kier molecular flexibility index (Phi) is 4.59. The van der Waals surface area contributed by atoms with E-state index < -0.39 is 12.0 Å². The Hall–Kier alpha value is -2.13. The summed E-state index contributed by atoms with van der Waals surface area (Å²) in [5.74, 6) is -0.338. The van der Waals surface area contributed by atoms with E-state index in [1.54, 1.807) is 25.3 Å². The van der Waals surface area contributed by atoms with Crippen molar-refractivity contribution in [1.82, 2.24) is 20.1 Å². The van der Waals surface area contributed by atoms with Crippen molar-refractivity contribution in [2.75, 3.05) is 26.8 Å². The van der Waals surface area contributed by atoms with Gasteiger partial charge < -0.3 is 14.8 Å². The lowest BCUT2D eigenvalue weighted by Crippen LogP contribution is -2.45. The number of alkyl halides is 3. The van der Waals surface area contributed by atoms with Gasteiger partial charge in [0.1, 0.15) is 12.1 Å². The molecule has 2 aromatic rings. The van der Waals surface area contributed by atoms with Crippen molar-refractivity contribution in [2.45, 2.75) is 37.0 Å². The third-order valence-corrected chi connectivity index (χ3v) is 5.37. The molecule has 0 radical (unpaired) electrons. The predicted molar refractivity (Wildman–Crippen MR) is 91.1 cm³/mol. The van der Waals surface area contributed by atoms with E-state index in [0.717, 1.165) is 48.8 Å². The molecule has 1 aromatic heterocycles. The highest BCUT2D eigenvalue weighted by molar-refractivity contribution is 5.47. The summed E-state index contributed by atoms with van der Waals surface area (Å²) in [6.45, 7) is 2.31. The van der Waals surface area contributed by atoms with Gasteiger partial charge in [-0.3, -0.25) is 4.57 Å². The van der Waals surface area contributed by atoms with Crippen molar-refractivity contribution in [3.8, 4) is 11.4 Å². The fourth-order valence-corrected chi connectivity index (χ4v) is 4.09. The molecule has 4 rings (SSSR count). The lowest BCUT2D eigenvalue weighted by Gasteiger charge is -2.33. The number of piperidine rings is 1. The second-order valence-electron chi connectivity index (χ2n) is 7.12. The quantitative estimate of drug-likeness (QED) is 0.885. The van der Waals surface area contributed by atoms with Gasteiger partial charge >= 0.3 is 6.18 Å². The summed E-state index contributed by atoms with van der Waals surface area (Å²) in [6.07, 6.45) is -0.646. The molecule has 6 nitrogen and oxygen atoms in total. The highest BCUT2D eigenvalue weighted by Gasteiger charge is 2.43. The topological polar surface area (TPSA) is 61.2 Å². The van der Waals surface area contributed by atoms with Crippen molar-refractivity contribution < 1.29 is 22.6 Å². The summed E-state index contributed by atoms with van der Waals surface area (Å²) in [4.78, 5) is 0. The molecule has 1 spiro atoms. The zero-order valence-electron chi connectivity index (χ0n) is 14.9. The van der Waals surface area contributed by atoms with E-state index in [1.807, 2.05) is 0 Å². The summed E-state index contributed by atoms with van der Waals surface area (Å²) in [7, 11) is 1.56. The van der Waals surface area contributed by atoms with Crippen LogP contribution in [0.25, 0.3) is 5.69 Å². The SMILES string of the molecule is COc1ccc(-n2cnnc2C(F)(F)F)cc1[C@@H]1CO[C@]2(CCCNC2)C1. The van der Waals surface area contributed by atoms with Crippen LogP contribution in [0.5, 0.6) is 5.75 Å². The number of nitrogens with one attached hydrogen (secondary N) is 1. The third-order valence-electron chi connectivity index (χ3n) is 5.37.